The fourth-order valence-corrected chi connectivity index (χ4v) is 2.29. The SMILES string of the molecule is CC(N)C1CCCN(c2ncc(Br)cn2)C1. The van der Waals surface area contributed by atoms with Gasteiger partial charge < -0.3 is 10.6 Å². The van der Waals surface area contributed by atoms with Gasteiger partial charge in [-0.25, -0.2) is 9.97 Å². The molecule has 1 saturated heterocycles. The molecule has 1 aliphatic heterocycles. The highest BCUT2D eigenvalue weighted by molar-refractivity contribution is 9.10. The van der Waals surface area contributed by atoms with E-state index in [0.717, 1.165) is 23.5 Å². The average Bonchev–Trinajstić information content (AvgIpc) is 2.30. The molecule has 0 aromatic carbocycles. The zero-order chi connectivity index (χ0) is 11.5. The number of halogens is 1. The van der Waals surface area contributed by atoms with Gasteiger partial charge in [-0.1, -0.05) is 0 Å². The molecule has 16 heavy (non-hydrogen) atoms. The van der Waals surface area contributed by atoms with E-state index < -0.39 is 0 Å². The molecule has 2 heterocycles. The highest BCUT2D eigenvalue weighted by Gasteiger charge is 2.23. The van der Waals surface area contributed by atoms with E-state index in [-0.39, 0.29) is 6.04 Å². The van der Waals surface area contributed by atoms with Crippen molar-refractivity contribution in [3.63, 3.8) is 0 Å². The molecule has 0 saturated carbocycles. The Kier molecular flexibility index (Phi) is 3.76. The maximum absolute atomic E-state index is 5.96. The number of nitrogens with two attached hydrogens (primary N) is 1. The van der Waals surface area contributed by atoms with Crippen LogP contribution in [-0.2, 0) is 0 Å². The minimum atomic E-state index is 0.248. The summed E-state index contributed by atoms with van der Waals surface area (Å²) in [5.41, 5.74) is 5.96. The Labute approximate surface area is 104 Å². The molecular formula is C11H17BrN4. The van der Waals surface area contributed by atoms with Crippen molar-refractivity contribution < 1.29 is 0 Å². The Morgan fingerprint density at radius 2 is 2.19 bits per heavy atom. The van der Waals surface area contributed by atoms with E-state index in [0.29, 0.717) is 5.92 Å². The quantitative estimate of drug-likeness (QED) is 0.900. The topological polar surface area (TPSA) is 55.0 Å². The lowest BCUT2D eigenvalue weighted by Crippen LogP contribution is -2.43. The molecule has 88 valence electrons. The van der Waals surface area contributed by atoms with Crippen molar-refractivity contribution in [1.82, 2.24) is 9.97 Å². The van der Waals surface area contributed by atoms with Gasteiger partial charge in [0.1, 0.15) is 0 Å². The first-order chi connectivity index (χ1) is 7.66. The molecule has 0 spiro atoms. The van der Waals surface area contributed by atoms with Crippen LogP contribution in [0.15, 0.2) is 16.9 Å². The molecule has 1 aliphatic rings. The van der Waals surface area contributed by atoms with Crippen molar-refractivity contribution in [1.29, 1.82) is 0 Å². The van der Waals surface area contributed by atoms with E-state index >= 15 is 0 Å². The lowest BCUT2D eigenvalue weighted by molar-refractivity contribution is 0.362. The van der Waals surface area contributed by atoms with Crippen molar-refractivity contribution in [2.75, 3.05) is 18.0 Å². The molecule has 2 atom stereocenters. The molecule has 2 N–H and O–H groups in total. The van der Waals surface area contributed by atoms with Crippen molar-refractivity contribution in [2.24, 2.45) is 11.7 Å². The Morgan fingerprint density at radius 3 is 2.81 bits per heavy atom. The Hall–Kier alpha value is -0.680. The van der Waals surface area contributed by atoms with Crippen LogP contribution in [0.3, 0.4) is 0 Å². The smallest absolute Gasteiger partial charge is 0.225 e. The molecule has 2 rings (SSSR count). The molecule has 2 unspecified atom stereocenters. The highest BCUT2D eigenvalue weighted by atomic mass is 79.9. The standard InChI is InChI=1S/C11H17BrN4/c1-8(13)9-3-2-4-16(7-9)11-14-5-10(12)6-15-11/h5-6,8-9H,2-4,7,13H2,1H3. The molecule has 5 heteroatoms. The van der Waals surface area contributed by atoms with E-state index in [1.165, 1.54) is 12.8 Å². The summed E-state index contributed by atoms with van der Waals surface area (Å²) in [4.78, 5) is 10.9. The van der Waals surface area contributed by atoms with Gasteiger partial charge in [0.15, 0.2) is 0 Å². The predicted octanol–water partition coefficient (Wildman–Crippen LogP) is 1.80. The van der Waals surface area contributed by atoms with Crippen LogP contribution in [-0.4, -0.2) is 29.1 Å². The van der Waals surface area contributed by atoms with Crippen LogP contribution in [0.1, 0.15) is 19.8 Å². The molecule has 0 amide bonds. The first-order valence-corrected chi connectivity index (χ1v) is 6.44. The predicted molar refractivity (Wildman–Crippen MR) is 68.3 cm³/mol. The van der Waals surface area contributed by atoms with Gasteiger partial charge in [0, 0.05) is 31.5 Å². The minimum absolute atomic E-state index is 0.248. The van der Waals surface area contributed by atoms with Gasteiger partial charge in [0.2, 0.25) is 5.95 Å². The van der Waals surface area contributed by atoms with Crippen molar-refractivity contribution in [3.05, 3.63) is 16.9 Å². The molecule has 1 aromatic rings. The van der Waals surface area contributed by atoms with Gasteiger partial charge in [-0.05, 0) is 41.6 Å². The normalized spacial score (nSPS) is 23.2. The molecule has 0 bridgehead atoms. The van der Waals surface area contributed by atoms with Gasteiger partial charge in [0.05, 0.1) is 4.47 Å². The second-order valence-electron chi connectivity index (χ2n) is 4.41. The van der Waals surface area contributed by atoms with Crippen LogP contribution in [0, 0.1) is 5.92 Å². The van der Waals surface area contributed by atoms with Crippen LogP contribution >= 0.6 is 15.9 Å². The van der Waals surface area contributed by atoms with E-state index in [9.17, 15) is 0 Å². The number of hydrogen-bond donors (Lipinski definition) is 1. The maximum Gasteiger partial charge on any atom is 0.225 e. The van der Waals surface area contributed by atoms with Gasteiger partial charge in [-0.15, -0.1) is 0 Å². The monoisotopic (exact) mass is 284 g/mol. The molecule has 1 fully saturated rings. The third kappa shape index (κ3) is 2.71. The van der Waals surface area contributed by atoms with Crippen molar-refractivity contribution >= 4 is 21.9 Å². The van der Waals surface area contributed by atoms with E-state index in [2.05, 4.69) is 37.7 Å². The second-order valence-corrected chi connectivity index (χ2v) is 5.32. The van der Waals surface area contributed by atoms with Crippen molar-refractivity contribution in [3.8, 4) is 0 Å². The first-order valence-electron chi connectivity index (χ1n) is 5.65. The summed E-state index contributed by atoms with van der Waals surface area (Å²) in [6, 6.07) is 0.248. The van der Waals surface area contributed by atoms with Crippen LogP contribution in [0.5, 0.6) is 0 Å². The number of anilines is 1. The van der Waals surface area contributed by atoms with Gasteiger partial charge in [-0.3, -0.25) is 0 Å². The summed E-state index contributed by atoms with van der Waals surface area (Å²) in [7, 11) is 0. The number of hydrogen-bond acceptors (Lipinski definition) is 4. The van der Waals surface area contributed by atoms with E-state index in [1.54, 1.807) is 12.4 Å². The van der Waals surface area contributed by atoms with Gasteiger partial charge in [0.25, 0.3) is 0 Å². The molecule has 0 aliphatic carbocycles. The Bertz CT molecular complexity index is 338. The number of rotatable bonds is 2. The zero-order valence-electron chi connectivity index (χ0n) is 9.43. The van der Waals surface area contributed by atoms with Gasteiger partial charge >= 0.3 is 0 Å². The summed E-state index contributed by atoms with van der Waals surface area (Å²) in [6.07, 6.45) is 5.96. The summed E-state index contributed by atoms with van der Waals surface area (Å²) in [5, 5.41) is 0. The summed E-state index contributed by atoms with van der Waals surface area (Å²) >= 11 is 3.34. The third-order valence-electron chi connectivity index (χ3n) is 3.09. The van der Waals surface area contributed by atoms with Crippen molar-refractivity contribution in [2.45, 2.75) is 25.8 Å². The first kappa shape index (κ1) is 11.8. The number of aromatic nitrogens is 2. The molecule has 4 nitrogen and oxygen atoms in total. The Balaban J connectivity index is 2.06. The maximum atomic E-state index is 5.96. The van der Waals surface area contributed by atoms with E-state index in [1.807, 2.05) is 0 Å². The van der Waals surface area contributed by atoms with Crippen LogP contribution < -0.4 is 10.6 Å². The fraction of sp³-hybridized carbons (Fsp3) is 0.636. The van der Waals surface area contributed by atoms with Gasteiger partial charge in [-0.2, -0.15) is 0 Å². The highest BCUT2D eigenvalue weighted by Crippen LogP contribution is 2.22. The van der Waals surface area contributed by atoms with E-state index in [4.69, 9.17) is 5.73 Å². The third-order valence-corrected chi connectivity index (χ3v) is 3.50. The molecular weight excluding hydrogens is 268 g/mol. The largest absolute Gasteiger partial charge is 0.340 e. The molecule has 1 aromatic heterocycles. The second kappa shape index (κ2) is 5.10. The summed E-state index contributed by atoms with van der Waals surface area (Å²) in [5.74, 6) is 1.37. The van der Waals surface area contributed by atoms with Crippen LogP contribution in [0.4, 0.5) is 5.95 Å². The minimum Gasteiger partial charge on any atom is -0.340 e. The zero-order valence-corrected chi connectivity index (χ0v) is 11.0. The Morgan fingerprint density at radius 1 is 1.50 bits per heavy atom. The molecule has 0 radical (unpaired) electrons. The summed E-state index contributed by atoms with van der Waals surface area (Å²) in [6.45, 7) is 4.08. The lowest BCUT2D eigenvalue weighted by Gasteiger charge is -2.34. The lowest BCUT2D eigenvalue weighted by atomic mass is 9.92. The van der Waals surface area contributed by atoms with Crippen LogP contribution in [0.25, 0.3) is 0 Å². The fourth-order valence-electron chi connectivity index (χ4n) is 2.09. The number of piperidine rings is 1. The van der Waals surface area contributed by atoms with Crippen LogP contribution in [0.2, 0.25) is 0 Å². The average molecular weight is 285 g/mol. The number of nitrogens with zero attached hydrogens (tertiary/aromatic N) is 3. The summed E-state index contributed by atoms with van der Waals surface area (Å²) < 4.78 is 0.914.